The van der Waals surface area contributed by atoms with Gasteiger partial charge in [0, 0.05) is 32.2 Å². The summed E-state index contributed by atoms with van der Waals surface area (Å²) in [6, 6.07) is 11.5. The Morgan fingerprint density at radius 2 is 1.79 bits per heavy atom. The van der Waals surface area contributed by atoms with Gasteiger partial charge in [0.05, 0.1) is 10.6 Å². The van der Waals surface area contributed by atoms with Crippen LogP contribution in [0.1, 0.15) is 25.3 Å². The number of halogens is 1. The first-order valence-electron chi connectivity index (χ1n) is 9.26. The zero-order valence-electron chi connectivity index (χ0n) is 15.7. The third-order valence-electron chi connectivity index (χ3n) is 4.67. The van der Waals surface area contributed by atoms with Crippen LogP contribution in [-0.4, -0.2) is 34.0 Å². The average molecular weight is 405 g/mol. The van der Waals surface area contributed by atoms with Crippen LogP contribution in [0, 0.1) is 5.82 Å². The Labute approximate surface area is 164 Å². The molecule has 0 atom stereocenters. The number of sulfonamides is 1. The van der Waals surface area contributed by atoms with Gasteiger partial charge in [0.15, 0.2) is 0 Å². The fourth-order valence-corrected chi connectivity index (χ4v) is 4.26. The molecule has 8 heteroatoms. The largest absolute Gasteiger partial charge is 0.372 e. The topological polar surface area (TPSA) is 78.5 Å². The zero-order valence-corrected chi connectivity index (χ0v) is 16.6. The van der Waals surface area contributed by atoms with Crippen molar-refractivity contribution in [2.45, 2.75) is 31.1 Å². The van der Waals surface area contributed by atoms with E-state index in [0.717, 1.165) is 24.7 Å². The van der Waals surface area contributed by atoms with Crippen LogP contribution in [0.2, 0.25) is 0 Å². The molecule has 1 heterocycles. The predicted octanol–water partition coefficient (Wildman–Crippen LogP) is 2.91. The molecule has 0 saturated carbocycles. The van der Waals surface area contributed by atoms with Gasteiger partial charge in [0.2, 0.25) is 15.9 Å². The fourth-order valence-electron chi connectivity index (χ4n) is 3.22. The molecule has 1 aliphatic heterocycles. The number of carbonyl (C=O) groups excluding carboxylic acids is 1. The number of benzene rings is 2. The van der Waals surface area contributed by atoms with Gasteiger partial charge < -0.3 is 10.2 Å². The first-order valence-corrected chi connectivity index (χ1v) is 10.7. The second-order valence-corrected chi connectivity index (χ2v) is 8.60. The highest BCUT2D eigenvalue weighted by Crippen LogP contribution is 2.21. The highest BCUT2D eigenvalue weighted by Gasteiger charge is 2.16. The molecule has 0 aromatic heterocycles. The molecule has 0 radical (unpaired) electrons. The first-order chi connectivity index (χ1) is 13.3. The highest BCUT2D eigenvalue weighted by molar-refractivity contribution is 7.89. The molecule has 2 N–H and O–H groups in total. The van der Waals surface area contributed by atoms with Gasteiger partial charge in [-0.15, -0.1) is 0 Å². The molecule has 1 aliphatic rings. The van der Waals surface area contributed by atoms with Crippen LogP contribution in [-0.2, 0) is 21.2 Å². The summed E-state index contributed by atoms with van der Waals surface area (Å²) < 4.78 is 41.2. The Morgan fingerprint density at radius 1 is 1.11 bits per heavy atom. The Balaban J connectivity index is 1.57. The second kappa shape index (κ2) is 8.70. The summed E-state index contributed by atoms with van der Waals surface area (Å²) >= 11 is 0. The van der Waals surface area contributed by atoms with Crippen molar-refractivity contribution in [3.05, 3.63) is 53.8 Å². The average Bonchev–Trinajstić information content (AvgIpc) is 3.18. The Bertz CT molecular complexity index is 940. The van der Waals surface area contributed by atoms with E-state index in [4.69, 9.17) is 0 Å². The molecule has 2 aromatic carbocycles. The van der Waals surface area contributed by atoms with Gasteiger partial charge in [-0.25, -0.2) is 17.5 Å². The molecule has 0 aliphatic carbocycles. The van der Waals surface area contributed by atoms with Gasteiger partial charge in [-0.2, -0.15) is 0 Å². The van der Waals surface area contributed by atoms with Crippen molar-refractivity contribution >= 4 is 27.3 Å². The van der Waals surface area contributed by atoms with Crippen LogP contribution in [0.4, 0.5) is 15.8 Å². The van der Waals surface area contributed by atoms with Gasteiger partial charge in [0.25, 0.3) is 0 Å². The molecule has 2 aromatic rings. The van der Waals surface area contributed by atoms with Crippen molar-refractivity contribution in [1.29, 1.82) is 0 Å². The molecule has 0 unspecified atom stereocenters. The normalized spacial score (nSPS) is 14.3. The molecule has 1 fully saturated rings. The van der Waals surface area contributed by atoms with Gasteiger partial charge in [-0.1, -0.05) is 12.1 Å². The van der Waals surface area contributed by atoms with Crippen molar-refractivity contribution in [2.24, 2.45) is 0 Å². The van der Waals surface area contributed by atoms with Crippen LogP contribution in [0.3, 0.4) is 0 Å². The minimum Gasteiger partial charge on any atom is -0.372 e. The maximum atomic E-state index is 14.0. The van der Waals surface area contributed by atoms with Gasteiger partial charge >= 0.3 is 0 Å². The zero-order chi connectivity index (χ0) is 20.1. The highest BCUT2D eigenvalue weighted by atomic mass is 32.2. The lowest BCUT2D eigenvalue weighted by Gasteiger charge is -2.17. The van der Waals surface area contributed by atoms with Gasteiger partial charge in [-0.05, 0) is 55.2 Å². The molecular formula is C20H24FN3O3S. The molecule has 3 rings (SSSR count). The summed E-state index contributed by atoms with van der Waals surface area (Å²) in [5.41, 5.74) is 2.17. The summed E-state index contributed by atoms with van der Waals surface area (Å²) in [6.45, 7) is 3.62. The van der Waals surface area contributed by atoms with Crippen LogP contribution in [0.25, 0.3) is 0 Å². The number of rotatable bonds is 7. The van der Waals surface area contributed by atoms with E-state index in [-0.39, 0.29) is 17.1 Å². The summed E-state index contributed by atoms with van der Waals surface area (Å²) in [7, 11) is -3.83. The standard InChI is InChI=1S/C20H24FN3O3S/c1-15(25)23-20-9-8-18(14-19(20)21)28(26,27)22-11-10-16-4-6-17(7-5-16)24-12-2-3-13-24/h4-9,14,22H,2-3,10-13H2,1H3,(H,23,25). The Hall–Kier alpha value is -2.45. The number of nitrogens with one attached hydrogen (secondary N) is 2. The first kappa shape index (κ1) is 20.3. The smallest absolute Gasteiger partial charge is 0.240 e. The van der Waals surface area contributed by atoms with E-state index < -0.39 is 21.7 Å². The van der Waals surface area contributed by atoms with E-state index in [1.807, 2.05) is 12.1 Å². The lowest BCUT2D eigenvalue weighted by atomic mass is 10.1. The van der Waals surface area contributed by atoms with Crippen molar-refractivity contribution in [3.63, 3.8) is 0 Å². The molecule has 150 valence electrons. The van der Waals surface area contributed by atoms with Crippen LogP contribution in [0.15, 0.2) is 47.4 Å². The molecule has 6 nitrogen and oxygen atoms in total. The molecule has 1 saturated heterocycles. The lowest BCUT2D eigenvalue weighted by Crippen LogP contribution is -2.26. The molecule has 28 heavy (non-hydrogen) atoms. The van der Waals surface area contributed by atoms with Gasteiger partial charge in [-0.3, -0.25) is 4.79 Å². The molecular weight excluding hydrogens is 381 g/mol. The lowest BCUT2D eigenvalue weighted by molar-refractivity contribution is -0.114. The Kier molecular flexibility index (Phi) is 6.31. The van der Waals surface area contributed by atoms with Crippen molar-refractivity contribution in [2.75, 3.05) is 29.9 Å². The SMILES string of the molecule is CC(=O)Nc1ccc(S(=O)(=O)NCCc2ccc(N3CCCC3)cc2)cc1F. The number of nitrogens with zero attached hydrogens (tertiary/aromatic N) is 1. The van der Waals surface area contributed by atoms with E-state index in [2.05, 4.69) is 27.1 Å². The van der Waals surface area contributed by atoms with E-state index in [1.54, 1.807) is 0 Å². The fraction of sp³-hybridized carbons (Fsp3) is 0.350. The number of anilines is 2. The third-order valence-corrected chi connectivity index (χ3v) is 6.13. The number of hydrogen-bond donors (Lipinski definition) is 2. The minimum atomic E-state index is -3.83. The van der Waals surface area contributed by atoms with E-state index in [9.17, 15) is 17.6 Å². The predicted molar refractivity (Wildman–Crippen MR) is 107 cm³/mol. The summed E-state index contributed by atoms with van der Waals surface area (Å²) in [6.07, 6.45) is 2.97. The van der Waals surface area contributed by atoms with Crippen molar-refractivity contribution in [3.8, 4) is 0 Å². The van der Waals surface area contributed by atoms with E-state index in [1.165, 1.54) is 37.6 Å². The van der Waals surface area contributed by atoms with Crippen molar-refractivity contribution < 1.29 is 17.6 Å². The maximum Gasteiger partial charge on any atom is 0.240 e. The van der Waals surface area contributed by atoms with Crippen LogP contribution in [0.5, 0.6) is 0 Å². The van der Waals surface area contributed by atoms with Crippen molar-refractivity contribution in [1.82, 2.24) is 4.72 Å². The number of amides is 1. The van der Waals surface area contributed by atoms with Crippen LogP contribution < -0.4 is 14.9 Å². The monoisotopic (exact) mass is 405 g/mol. The number of carbonyl (C=O) groups is 1. The Morgan fingerprint density at radius 3 is 2.39 bits per heavy atom. The number of hydrogen-bond acceptors (Lipinski definition) is 4. The van der Waals surface area contributed by atoms with Crippen LogP contribution >= 0.6 is 0 Å². The van der Waals surface area contributed by atoms with Gasteiger partial charge in [0.1, 0.15) is 5.82 Å². The quantitative estimate of drug-likeness (QED) is 0.743. The maximum absolute atomic E-state index is 14.0. The summed E-state index contributed by atoms with van der Waals surface area (Å²) in [5.74, 6) is -1.22. The van der Waals surface area contributed by atoms with E-state index >= 15 is 0 Å². The molecule has 0 bridgehead atoms. The molecule has 1 amide bonds. The summed E-state index contributed by atoms with van der Waals surface area (Å²) in [4.78, 5) is 13.2. The van der Waals surface area contributed by atoms with E-state index in [0.29, 0.717) is 6.42 Å². The molecule has 0 spiro atoms. The second-order valence-electron chi connectivity index (χ2n) is 6.83. The third kappa shape index (κ3) is 5.08. The minimum absolute atomic E-state index is 0.0513. The summed E-state index contributed by atoms with van der Waals surface area (Å²) in [5, 5.41) is 2.31.